The molecule has 0 fully saturated rings. The Labute approximate surface area is 188 Å². The second-order valence-electron chi connectivity index (χ2n) is 6.32. The monoisotopic (exact) mass is 467 g/mol. The molecule has 0 amide bonds. The van der Waals surface area contributed by atoms with E-state index in [4.69, 9.17) is 11.6 Å². The summed E-state index contributed by atoms with van der Waals surface area (Å²) < 4.78 is 27.1. The van der Waals surface area contributed by atoms with Crippen molar-refractivity contribution >= 4 is 46.3 Å². The lowest BCUT2D eigenvalue weighted by Crippen LogP contribution is -2.53. The molecule has 0 heterocycles. The summed E-state index contributed by atoms with van der Waals surface area (Å²) in [4.78, 5) is 11.8. The van der Waals surface area contributed by atoms with E-state index in [1.54, 1.807) is 54.6 Å². The van der Waals surface area contributed by atoms with Crippen LogP contribution in [0, 0.1) is 0 Å². The number of sulfonamides is 1. The third-order valence-corrected chi connectivity index (χ3v) is 6.39. The smallest absolute Gasteiger partial charge is 0.324 e. The Hall–Kier alpha value is -2.06. The number of aliphatic carboxylic acids is 1. The van der Waals surface area contributed by atoms with Crippen LogP contribution >= 0.6 is 24.2 Å². The molecule has 1 atom stereocenters. The van der Waals surface area contributed by atoms with Crippen LogP contribution in [0.1, 0.15) is 31.9 Å². The first-order chi connectivity index (χ1) is 14.1. The number of carboxylic acid groups (broad SMARTS) is 1. The predicted molar refractivity (Wildman–Crippen MR) is 127 cm³/mol. The number of thiol groups is 1. The van der Waals surface area contributed by atoms with E-state index in [9.17, 15) is 18.3 Å². The molecule has 0 saturated heterocycles. The van der Waals surface area contributed by atoms with E-state index in [-0.39, 0.29) is 10.7 Å². The van der Waals surface area contributed by atoms with Gasteiger partial charge < -0.3 is 5.11 Å². The molecule has 0 radical (unpaired) electrons. The fourth-order valence-electron chi connectivity index (χ4n) is 2.45. The molecule has 0 aliphatic heterocycles. The average Bonchev–Trinajstić information content (AvgIpc) is 2.69. The molecule has 162 valence electrons. The first-order valence-corrected chi connectivity index (χ1v) is 11.6. The Balaban J connectivity index is 0.00000218. The van der Waals surface area contributed by atoms with Crippen molar-refractivity contribution in [2.45, 2.75) is 32.7 Å². The highest BCUT2D eigenvalue weighted by molar-refractivity contribution is 8.09. The summed E-state index contributed by atoms with van der Waals surface area (Å²) in [5.74, 6) is -1.28. The van der Waals surface area contributed by atoms with Crippen molar-refractivity contribution in [2.24, 2.45) is 0 Å². The van der Waals surface area contributed by atoms with E-state index in [2.05, 4.69) is 17.4 Å². The Morgan fingerprint density at radius 3 is 2.37 bits per heavy atom. The summed E-state index contributed by atoms with van der Waals surface area (Å²) in [6.07, 6.45) is 4.43. The number of allylic oxidation sites excluding steroid dienone is 2. The minimum atomic E-state index is -4.13. The number of rotatable bonds is 8. The standard InChI is InChI=1S/C20H20ClNO4S2.C2H6/c1-20(19(23)24,14-16-7-3-2-4-8-16)22-28(25,26)18(27)12-6-10-15-9-5-11-17(21)13-15;1-2/h2-13,22,27H,14H2,1H3,(H,23,24);1-2H3/b10-6+,18-12+;/t20-;/m0./s1. The van der Waals surface area contributed by atoms with Crippen molar-refractivity contribution in [3.05, 3.63) is 87.1 Å². The first kappa shape index (κ1) is 26.0. The van der Waals surface area contributed by atoms with Gasteiger partial charge in [-0.2, -0.15) is 4.72 Å². The maximum absolute atomic E-state index is 12.6. The van der Waals surface area contributed by atoms with E-state index in [0.29, 0.717) is 10.6 Å². The van der Waals surface area contributed by atoms with Gasteiger partial charge in [-0.05, 0) is 36.3 Å². The second-order valence-corrected chi connectivity index (χ2v) is 9.20. The second kappa shape index (κ2) is 12.0. The number of benzene rings is 2. The summed E-state index contributed by atoms with van der Waals surface area (Å²) in [5.41, 5.74) is -0.242. The minimum absolute atomic E-state index is 0.0121. The quantitative estimate of drug-likeness (QED) is 0.370. The summed E-state index contributed by atoms with van der Waals surface area (Å²) in [6.45, 7) is 5.32. The molecule has 2 rings (SSSR count). The zero-order valence-electron chi connectivity index (χ0n) is 17.0. The van der Waals surface area contributed by atoms with Gasteiger partial charge >= 0.3 is 5.97 Å². The van der Waals surface area contributed by atoms with Gasteiger partial charge in [0.2, 0.25) is 10.0 Å². The van der Waals surface area contributed by atoms with Crippen LogP contribution in [0.3, 0.4) is 0 Å². The molecule has 0 unspecified atom stereocenters. The van der Waals surface area contributed by atoms with Crippen LogP contribution in [-0.2, 0) is 21.2 Å². The summed E-state index contributed by atoms with van der Waals surface area (Å²) in [7, 11) is -4.13. The molecule has 0 aromatic heterocycles. The van der Waals surface area contributed by atoms with Gasteiger partial charge in [0.05, 0.1) is 0 Å². The Morgan fingerprint density at radius 1 is 1.17 bits per heavy atom. The highest BCUT2D eigenvalue weighted by Gasteiger charge is 2.38. The number of halogens is 1. The van der Waals surface area contributed by atoms with Gasteiger partial charge in [0, 0.05) is 11.4 Å². The molecule has 5 nitrogen and oxygen atoms in total. The molecule has 0 spiro atoms. The van der Waals surface area contributed by atoms with Crippen LogP contribution in [0.4, 0.5) is 0 Å². The van der Waals surface area contributed by atoms with Crippen molar-refractivity contribution in [1.29, 1.82) is 0 Å². The molecule has 0 bridgehead atoms. The molecular weight excluding hydrogens is 442 g/mol. The van der Waals surface area contributed by atoms with Crippen molar-refractivity contribution < 1.29 is 18.3 Å². The fraction of sp³-hybridized carbons (Fsp3) is 0.227. The van der Waals surface area contributed by atoms with Gasteiger partial charge in [-0.3, -0.25) is 4.79 Å². The van der Waals surface area contributed by atoms with Crippen LogP contribution in [0.15, 0.2) is 71.0 Å². The van der Waals surface area contributed by atoms with Gasteiger partial charge in [0.15, 0.2) is 0 Å². The van der Waals surface area contributed by atoms with E-state index in [1.807, 2.05) is 19.9 Å². The van der Waals surface area contributed by atoms with E-state index >= 15 is 0 Å². The van der Waals surface area contributed by atoms with Gasteiger partial charge in [-0.1, -0.05) is 80.1 Å². The summed E-state index contributed by atoms with van der Waals surface area (Å²) >= 11 is 9.93. The minimum Gasteiger partial charge on any atom is -0.480 e. The molecule has 2 aromatic carbocycles. The highest BCUT2D eigenvalue weighted by Crippen LogP contribution is 2.20. The third kappa shape index (κ3) is 7.99. The number of carboxylic acids is 1. The maximum Gasteiger partial charge on any atom is 0.324 e. The van der Waals surface area contributed by atoms with Crippen molar-refractivity contribution in [3.63, 3.8) is 0 Å². The highest BCUT2D eigenvalue weighted by atomic mass is 35.5. The number of hydrogen-bond donors (Lipinski definition) is 3. The fourth-order valence-corrected chi connectivity index (χ4v) is 3.99. The van der Waals surface area contributed by atoms with E-state index < -0.39 is 21.5 Å². The molecule has 2 N–H and O–H groups in total. The lowest BCUT2D eigenvalue weighted by Gasteiger charge is -2.26. The lowest BCUT2D eigenvalue weighted by atomic mass is 9.94. The lowest BCUT2D eigenvalue weighted by molar-refractivity contribution is -0.143. The molecule has 0 saturated carbocycles. The van der Waals surface area contributed by atoms with Gasteiger partial charge in [0.1, 0.15) is 9.78 Å². The van der Waals surface area contributed by atoms with Crippen LogP contribution in [-0.4, -0.2) is 25.0 Å². The Kier molecular flexibility index (Phi) is 10.4. The zero-order valence-corrected chi connectivity index (χ0v) is 19.5. The number of hydrogen-bond acceptors (Lipinski definition) is 4. The van der Waals surface area contributed by atoms with Gasteiger partial charge in [-0.15, -0.1) is 12.6 Å². The molecule has 8 heteroatoms. The topological polar surface area (TPSA) is 83.5 Å². The average molecular weight is 468 g/mol. The van der Waals surface area contributed by atoms with Crippen molar-refractivity contribution in [1.82, 2.24) is 4.72 Å². The molecule has 0 aliphatic rings. The van der Waals surface area contributed by atoms with Crippen LogP contribution in [0.25, 0.3) is 6.08 Å². The van der Waals surface area contributed by atoms with Gasteiger partial charge in [-0.25, -0.2) is 8.42 Å². The van der Waals surface area contributed by atoms with Crippen LogP contribution in [0.2, 0.25) is 5.02 Å². The van der Waals surface area contributed by atoms with Crippen LogP contribution < -0.4 is 4.72 Å². The van der Waals surface area contributed by atoms with Crippen molar-refractivity contribution in [3.8, 4) is 0 Å². The first-order valence-electron chi connectivity index (χ1n) is 9.27. The Bertz CT molecular complexity index is 1000. The molecule has 2 aromatic rings. The molecule has 30 heavy (non-hydrogen) atoms. The third-order valence-electron chi connectivity index (χ3n) is 3.88. The van der Waals surface area contributed by atoms with E-state index in [1.165, 1.54) is 19.1 Å². The predicted octanol–water partition coefficient (Wildman–Crippen LogP) is 5.16. The zero-order chi connectivity index (χ0) is 22.8. The number of carbonyl (C=O) groups is 1. The normalized spacial score (nSPS) is 14.0. The van der Waals surface area contributed by atoms with Crippen LogP contribution in [0.5, 0.6) is 0 Å². The Morgan fingerprint density at radius 2 is 1.80 bits per heavy atom. The van der Waals surface area contributed by atoms with Gasteiger partial charge in [0.25, 0.3) is 0 Å². The molecular formula is C22H26ClNO4S2. The largest absolute Gasteiger partial charge is 0.480 e. The molecule has 0 aliphatic carbocycles. The van der Waals surface area contributed by atoms with E-state index in [0.717, 1.165) is 5.56 Å². The number of nitrogens with one attached hydrogen (secondary N) is 1. The maximum atomic E-state index is 12.6. The summed E-state index contributed by atoms with van der Waals surface area (Å²) in [5, 5.41) is 10.2. The summed E-state index contributed by atoms with van der Waals surface area (Å²) in [6, 6.07) is 15.8. The SMILES string of the molecule is CC.C[C@@](Cc1ccccc1)(NS(=O)(=O)/C(S)=C/C=C/c1cccc(Cl)c1)C(=O)O. The van der Waals surface area contributed by atoms with Crippen molar-refractivity contribution in [2.75, 3.05) is 0 Å².